The maximum Gasteiger partial charge on any atom is 0.157 e. The number of aromatic amines is 1. The number of nitrogens with zero attached hydrogens (tertiary/aromatic N) is 4. The van der Waals surface area contributed by atoms with Crippen LogP contribution in [0.4, 0.5) is 0 Å². The van der Waals surface area contributed by atoms with E-state index >= 15 is 0 Å². The van der Waals surface area contributed by atoms with Crippen molar-refractivity contribution in [2.75, 3.05) is 0 Å². The normalized spacial score (nSPS) is 11.0. The number of rotatable bonds is 1. The molecule has 0 bridgehead atoms. The number of hydrogen-bond acceptors (Lipinski definition) is 3. The maximum atomic E-state index is 4.27. The Labute approximate surface area is 85.8 Å². The maximum absolute atomic E-state index is 4.27. The Balaban J connectivity index is 2.18. The highest BCUT2D eigenvalue weighted by atomic mass is 15.2. The molecule has 3 aromatic rings. The molecule has 0 aliphatic rings. The van der Waals surface area contributed by atoms with Crippen LogP contribution in [0.2, 0.25) is 0 Å². The molecule has 0 aliphatic heterocycles. The fourth-order valence-corrected chi connectivity index (χ4v) is 1.55. The lowest BCUT2D eigenvalue weighted by Gasteiger charge is -1.95. The number of fused-ring (bicyclic) bond motifs is 1. The SMILES string of the molecule is Cn1cc(-c2cnc3[nH]cnc3c2)cn1. The zero-order chi connectivity index (χ0) is 10.3. The van der Waals surface area contributed by atoms with Gasteiger partial charge in [-0.05, 0) is 6.07 Å². The molecule has 74 valence electrons. The van der Waals surface area contributed by atoms with Gasteiger partial charge >= 0.3 is 0 Å². The molecule has 1 N–H and O–H groups in total. The summed E-state index contributed by atoms with van der Waals surface area (Å²) in [5.74, 6) is 0. The third kappa shape index (κ3) is 1.28. The Kier molecular flexibility index (Phi) is 1.58. The van der Waals surface area contributed by atoms with Gasteiger partial charge in [-0.2, -0.15) is 5.10 Å². The van der Waals surface area contributed by atoms with Gasteiger partial charge in [0.25, 0.3) is 0 Å². The van der Waals surface area contributed by atoms with Crippen molar-refractivity contribution in [1.29, 1.82) is 0 Å². The van der Waals surface area contributed by atoms with Crippen LogP contribution in [0.3, 0.4) is 0 Å². The van der Waals surface area contributed by atoms with Crippen LogP contribution in [0.1, 0.15) is 0 Å². The van der Waals surface area contributed by atoms with Crippen LogP contribution in [0.25, 0.3) is 22.3 Å². The topological polar surface area (TPSA) is 59.4 Å². The number of aryl methyl sites for hydroxylation is 1. The van der Waals surface area contributed by atoms with E-state index in [1.165, 1.54) is 0 Å². The van der Waals surface area contributed by atoms with E-state index in [1.807, 2.05) is 31.7 Å². The highest BCUT2D eigenvalue weighted by Crippen LogP contribution is 2.19. The zero-order valence-corrected chi connectivity index (χ0v) is 8.18. The number of hydrogen-bond donors (Lipinski definition) is 1. The molecule has 3 rings (SSSR count). The lowest BCUT2D eigenvalue weighted by molar-refractivity contribution is 0.768. The van der Waals surface area contributed by atoms with Gasteiger partial charge in [-0.15, -0.1) is 0 Å². The number of pyridine rings is 1. The molecule has 3 aromatic heterocycles. The highest BCUT2D eigenvalue weighted by molar-refractivity contribution is 5.77. The molecule has 0 atom stereocenters. The number of imidazole rings is 1. The molecule has 0 spiro atoms. The van der Waals surface area contributed by atoms with Crippen molar-refractivity contribution in [3.05, 3.63) is 31.0 Å². The van der Waals surface area contributed by atoms with E-state index in [4.69, 9.17) is 0 Å². The minimum Gasteiger partial charge on any atom is -0.329 e. The quantitative estimate of drug-likeness (QED) is 0.643. The fraction of sp³-hybridized carbons (Fsp3) is 0.100. The molecule has 0 amide bonds. The summed E-state index contributed by atoms with van der Waals surface area (Å²) in [6.07, 6.45) is 7.23. The summed E-state index contributed by atoms with van der Waals surface area (Å²) in [7, 11) is 1.89. The molecule has 0 aromatic carbocycles. The van der Waals surface area contributed by atoms with E-state index in [2.05, 4.69) is 20.1 Å². The molecular weight excluding hydrogens is 190 g/mol. The monoisotopic (exact) mass is 199 g/mol. The number of H-pyrrole nitrogens is 1. The van der Waals surface area contributed by atoms with Gasteiger partial charge in [-0.1, -0.05) is 0 Å². The summed E-state index contributed by atoms with van der Waals surface area (Å²) in [6.45, 7) is 0. The van der Waals surface area contributed by atoms with Gasteiger partial charge in [0, 0.05) is 30.6 Å². The molecule has 0 unspecified atom stereocenters. The van der Waals surface area contributed by atoms with Crippen molar-refractivity contribution < 1.29 is 0 Å². The summed E-state index contributed by atoms with van der Waals surface area (Å²) in [5, 5.41) is 4.12. The van der Waals surface area contributed by atoms with Gasteiger partial charge < -0.3 is 4.98 Å². The van der Waals surface area contributed by atoms with Crippen LogP contribution in [-0.4, -0.2) is 24.7 Å². The van der Waals surface area contributed by atoms with Crippen LogP contribution < -0.4 is 0 Å². The molecule has 0 saturated carbocycles. The Morgan fingerprint density at radius 3 is 2.93 bits per heavy atom. The van der Waals surface area contributed by atoms with Crippen molar-refractivity contribution in [2.24, 2.45) is 7.05 Å². The molecule has 5 heteroatoms. The second-order valence-electron chi connectivity index (χ2n) is 3.40. The molecule has 0 radical (unpaired) electrons. The Bertz CT molecular complexity index is 607. The smallest absolute Gasteiger partial charge is 0.157 e. The van der Waals surface area contributed by atoms with Crippen molar-refractivity contribution in [2.45, 2.75) is 0 Å². The average Bonchev–Trinajstić information content (AvgIpc) is 2.84. The first-order valence-electron chi connectivity index (χ1n) is 4.61. The van der Waals surface area contributed by atoms with Gasteiger partial charge in [-0.25, -0.2) is 9.97 Å². The van der Waals surface area contributed by atoms with E-state index < -0.39 is 0 Å². The minimum atomic E-state index is 0.808. The largest absolute Gasteiger partial charge is 0.329 e. The lowest BCUT2D eigenvalue weighted by Crippen LogP contribution is -1.84. The van der Waals surface area contributed by atoms with Gasteiger partial charge in [0.15, 0.2) is 5.65 Å². The van der Waals surface area contributed by atoms with Gasteiger partial charge in [-0.3, -0.25) is 4.68 Å². The average molecular weight is 199 g/mol. The fourth-order valence-electron chi connectivity index (χ4n) is 1.55. The lowest BCUT2D eigenvalue weighted by atomic mass is 10.1. The van der Waals surface area contributed by atoms with Crippen molar-refractivity contribution in [3.8, 4) is 11.1 Å². The van der Waals surface area contributed by atoms with E-state index in [0.717, 1.165) is 22.3 Å². The standard InChI is InChI=1S/C10H9N5/c1-15-5-8(4-14-15)7-2-9-10(11-3-7)13-6-12-9/h2-6H,1H3,(H,11,12,13). The minimum absolute atomic E-state index is 0.808. The van der Waals surface area contributed by atoms with Crippen molar-refractivity contribution in [3.63, 3.8) is 0 Å². The molecule has 0 saturated heterocycles. The number of nitrogens with one attached hydrogen (secondary N) is 1. The Morgan fingerprint density at radius 1 is 1.20 bits per heavy atom. The predicted molar refractivity (Wildman–Crippen MR) is 56.1 cm³/mol. The third-order valence-electron chi connectivity index (χ3n) is 2.31. The predicted octanol–water partition coefficient (Wildman–Crippen LogP) is 1.36. The molecule has 5 nitrogen and oxygen atoms in total. The van der Waals surface area contributed by atoms with E-state index in [-0.39, 0.29) is 0 Å². The van der Waals surface area contributed by atoms with E-state index in [9.17, 15) is 0 Å². The summed E-state index contributed by atoms with van der Waals surface area (Å²) >= 11 is 0. The van der Waals surface area contributed by atoms with Crippen molar-refractivity contribution >= 4 is 11.2 Å². The van der Waals surface area contributed by atoms with E-state index in [0.29, 0.717) is 0 Å². The molecule has 0 fully saturated rings. The zero-order valence-electron chi connectivity index (χ0n) is 8.18. The first-order valence-corrected chi connectivity index (χ1v) is 4.61. The summed E-state index contributed by atoms with van der Waals surface area (Å²) in [5.41, 5.74) is 3.76. The third-order valence-corrected chi connectivity index (χ3v) is 2.31. The van der Waals surface area contributed by atoms with Gasteiger partial charge in [0.2, 0.25) is 0 Å². The Morgan fingerprint density at radius 2 is 2.13 bits per heavy atom. The summed E-state index contributed by atoms with van der Waals surface area (Å²) in [6, 6.07) is 2.00. The van der Waals surface area contributed by atoms with Crippen LogP contribution in [0.5, 0.6) is 0 Å². The Hall–Kier alpha value is -2.17. The summed E-state index contributed by atoms with van der Waals surface area (Å²) in [4.78, 5) is 11.4. The van der Waals surface area contributed by atoms with Gasteiger partial charge in [0.05, 0.1) is 12.5 Å². The van der Waals surface area contributed by atoms with Crippen LogP contribution in [0, 0.1) is 0 Å². The van der Waals surface area contributed by atoms with Crippen LogP contribution >= 0.6 is 0 Å². The number of aromatic nitrogens is 5. The van der Waals surface area contributed by atoms with Crippen molar-refractivity contribution in [1.82, 2.24) is 24.7 Å². The van der Waals surface area contributed by atoms with Gasteiger partial charge in [0.1, 0.15) is 5.52 Å². The molecule has 0 aliphatic carbocycles. The van der Waals surface area contributed by atoms with E-state index in [1.54, 1.807) is 11.0 Å². The first kappa shape index (κ1) is 8.16. The molecular formula is C10H9N5. The second-order valence-corrected chi connectivity index (χ2v) is 3.40. The summed E-state index contributed by atoms with van der Waals surface area (Å²) < 4.78 is 1.77. The molecule has 15 heavy (non-hydrogen) atoms. The second kappa shape index (κ2) is 2.91. The first-order chi connectivity index (χ1) is 7.33. The van der Waals surface area contributed by atoms with Crippen LogP contribution in [-0.2, 0) is 7.05 Å². The van der Waals surface area contributed by atoms with Crippen LogP contribution in [0.15, 0.2) is 31.0 Å². The molecule has 3 heterocycles. The highest BCUT2D eigenvalue weighted by Gasteiger charge is 2.03.